The van der Waals surface area contributed by atoms with E-state index in [1.165, 1.54) is 44.5 Å². The molecule has 3 heteroatoms. The third-order valence-electron chi connectivity index (χ3n) is 4.04. The molecule has 1 aliphatic carbocycles. The summed E-state index contributed by atoms with van der Waals surface area (Å²) in [6.07, 6.45) is 4.20. The Bertz CT molecular complexity index is 370. The highest BCUT2D eigenvalue weighted by atomic mass is 32.1. The summed E-state index contributed by atoms with van der Waals surface area (Å²) in [5.41, 5.74) is 1.47. The van der Waals surface area contributed by atoms with Gasteiger partial charge in [-0.05, 0) is 62.2 Å². The third-order valence-corrected chi connectivity index (χ3v) is 5.05. The molecule has 3 rings (SSSR count). The lowest BCUT2D eigenvalue weighted by molar-refractivity contribution is 0.252. The van der Waals surface area contributed by atoms with Gasteiger partial charge in [-0.25, -0.2) is 0 Å². The molecule has 17 heavy (non-hydrogen) atoms. The van der Waals surface area contributed by atoms with Crippen LogP contribution >= 0.6 is 11.3 Å². The van der Waals surface area contributed by atoms with Crippen molar-refractivity contribution in [2.75, 3.05) is 19.6 Å². The van der Waals surface area contributed by atoms with Crippen molar-refractivity contribution in [1.29, 1.82) is 0 Å². The highest BCUT2D eigenvalue weighted by Crippen LogP contribution is 2.33. The molecule has 1 aromatic heterocycles. The fourth-order valence-corrected chi connectivity index (χ4v) is 3.70. The monoisotopic (exact) mass is 250 g/mol. The van der Waals surface area contributed by atoms with Gasteiger partial charge in [0, 0.05) is 24.0 Å². The number of hydrogen-bond donors (Lipinski definition) is 1. The van der Waals surface area contributed by atoms with Gasteiger partial charge in [-0.2, -0.15) is 0 Å². The summed E-state index contributed by atoms with van der Waals surface area (Å²) in [5, 5.41) is 5.95. The number of nitrogens with zero attached hydrogens (tertiary/aromatic N) is 1. The lowest BCUT2D eigenvalue weighted by Gasteiger charge is -2.24. The fourth-order valence-electron chi connectivity index (χ4n) is 2.75. The molecule has 0 bridgehead atoms. The van der Waals surface area contributed by atoms with Gasteiger partial charge >= 0.3 is 0 Å². The van der Waals surface area contributed by atoms with Crippen molar-refractivity contribution in [3.8, 4) is 0 Å². The minimum Gasteiger partial charge on any atom is -0.312 e. The number of rotatable bonds is 3. The second-order valence-corrected chi connectivity index (χ2v) is 6.51. The van der Waals surface area contributed by atoms with Crippen molar-refractivity contribution in [3.05, 3.63) is 21.9 Å². The number of thiophene rings is 1. The van der Waals surface area contributed by atoms with Crippen LogP contribution in [0.4, 0.5) is 0 Å². The summed E-state index contributed by atoms with van der Waals surface area (Å²) in [7, 11) is 0. The van der Waals surface area contributed by atoms with Gasteiger partial charge in [-0.3, -0.25) is 4.90 Å². The Morgan fingerprint density at radius 3 is 3.06 bits per heavy atom. The molecule has 1 atom stereocenters. The number of aryl methyl sites for hydroxylation is 1. The second kappa shape index (κ2) is 5.09. The second-order valence-electron chi connectivity index (χ2n) is 5.51. The van der Waals surface area contributed by atoms with E-state index in [1.54, 1.807) is 4.88 Å². The zero-order valence-corrected chi connectivity index (χ0v) is 11.4. The molecule has 2 fully saturated rings. The van der Waals surface area contributed by atoms with Gasteiger partial charge in [-0.15, -0.1) is 11.3 Å². The van der Waals surface area contributed by atoms with Crippen molar-refractivity contribution in [2.45, 2.75) is 38.8 Å². The molecule has 1 aliphatic heterocycles. The van der Waals surface area contributed by atoms with Crippen LogP contribution in [-0.4, -0.2) is 30.6 Å². The molecular weight excluding hydrogens is 228 g/mol. The Balaban J connectivity index is 1.63. The number of hydrogen-bond acceptors (Lipinski definition) is 3. The molecular formula is C14H22N2S. The molecule has 0 spiro atoms. The molecule has 0 radical (unpaired) electrons. The predicted molar refractivity (Wildman–Crippen MR) is 73.5 cm³/mol. The maximum atomic E-state index is 3.73. The smallest absolute Gasteiger partial charge is 0.0331 e. The van der Waals surface area contributed by atoms with Crippen molar-refractivity contribution >= 4 is 11.3 Å². The molecule has 1 N–H and O–H groups in total. The molecule has 2 nitrogen and oxygen atoms in total. The maximum absolute atomic E-state index is 3.73. The topological polar surface area (TPSA) is 15.3 Å². The molecule has 1 saturated carbocycles. The van der Waals surface area contributed by atoms with Crippen LogP contribution in [0.15, 0.2) is 11.4 Å². The predicted octanol–water partition coefficient (Wildman–Crippen LogP) is 2.63. The highest BCUT2D eigenvalue weighted by molar-refractivity contribution is 7.10. The van der Waals surface area contributed by atoms with Crippen molar-refractivity contribution < 1.29 is 0 Å². The van der Waals surface area contributed by atoms with Gasteiger partial charge in [0.15, 0.2) is 0 Å². The average Bonchev–Trinajstić information content (AvgIpc) is 3.09. The van der Waals surface area contributed by atoms with E-state index >= 15 is 0 Å². The van der Waals surface area contributed by atoms with Crippen LogP contribution in [0.5, 0.6) is 0 Å². The molecule has 94 valence electrons. The average molecular weight is 250 g/mol. The lowest BCUT2D eigenvalue weighted by Crippen LogP contribution is -2.38. The first kappa shape index (κ1) is 11.7. The minimum atomic E-state index is 0.762. The summed E-state index contributed by atoms with van der Waals surface area (Å²) >= 11 is 1.91. The maximum Gasteiger partial charge on any atom is 0.0331 e. The van der Waals surface area contributed by atoms with Crippen LogP contribution in [0.25, 0.3) is 0 Å². The van der Waals surface area contributed by atoms with Crippen molar-refractivity contribution in [1.82, 2.24) is 10.2 Å². The van der Waals surface area contributed by atoms with Crippen LogP contribution < -0.4 is 5.32 Å². The van der Waals surface area contributed by atoms with Gasteiger partial charge in [-0.1, -0.05) is 0 Å². The van der Waals surface area contributed by atoms with E-state index in [0.29, 0.717) is 0 Å². The Morgan fingerprint density at radius 2 is 2.35 bits per heavy atom. The molecule has 0 amide bonds. The lowest BCUT2D eigenvalue weighted by atomic mass is 10.1. The van der Waals surface area contributed by atoms with Gasteiger partial charge in [0.25, 0.3) is 0 Å². The first-order valence-corrected chi connectivity index (χ1v) is 7.69. The largest absolute Gasteiger partial charge is 0.312 e. The van der Waals surface area contributed by atoms with E-state index in [0.717, 1.165) is 18.5 Å². The SMILES string of the molecule is Cc1ccsc1CN1CCCNC(C2CC2)C1. The Labute approximate surface area is 108 Å². The van der Waals surface area contributed by atoms with E-state index < -0.39 is 0 Å². The van der Waals surface area contributed by atoms with Crippen LogP contribution in [0.1, 0.15) is 29.7 Å². The first-order valence-electron chi connectivity index (χ1n) is 6.81. The molecule has 1 saturated heterocycles. The van der Waals surface area contributed by atoms with Crippen LogP contribution in [-0.2, 0) is 6.54 Å². The third kappa shape index (κ3) is 2.90. The molecule has 2 heterocycles. The Morgan fingerprint density at radius 1 is 1.47 bits per heavy atom. The number of nitrogens with one attached hydrogen (secondary N) is 1. The molecule has 1 aromatic rings. The molecule has 1 unspecified atom stereocenters. The quantitative estimate of drug-likeness (QED) is 0.887. The minimum absolute atomic E-state index is 0.762. The zero-order chi connectivity index (χ0) is 11.7. The first-order chi connectivity index (χ1) is 8.33. The van der Waals surface area contributed by atoms with Crippen LogP contribution in [0, 0.1) is 12.8 Å². The van der Waals surface area contributed by atoms with E-state index in [9.17, 15) is 0 Å². The molecule has 0 aromatic carbocycles. The summed E-state index contributed by atoms with van der Waals surface area (Å²) < 4.78 is 0. The van der Waals surface area contributed by atoms with Crippen LogP contribution in [0.2, 0.25) is 0 Å². The van der Waals surface area contributed by atoms with Gasteiger partial charge in [0.1, 0.15) is 0 Å². The normalized spacial score (nSPS) is 27.0. The van der Waals surface area contributed by atoms with Crippen LogP contribution in [0.3, 0.4) is 0 Å². The van der Waals surface area contributed by atoms with E-state index in [4.69, 9.17) is 0 Å². The highest BCUT2D eigenvalue weighted by Gasteiger charge is 2.33. The van der Waals surface area contributed by atoms with E-state index in [-0.39, 0.29) is 0 Å². The van der Waals surface area contributed by atoms with E-state index in [2.05, 4.69) is 28.6 Å². The van der Waals surface area contributed by atoms with Gasteiger partial charge in [0.05, 0.1) is 0 Å². The summed E-state index contributed by atoms with van der Waals surface area (Å²) in [5.74, 6) is 0.972. The summed E-state index contributed by atoms with van der Waals surface area (Å²) in [6, 6.07) is 3.01. The van der Waals surface area contributed by atoms with Gasteiger partial charge < -0.3 is 5.32 Å². The summed E-state index contributed by atoms with van der Waals surface area (Å²) in [6.45, 7) is 7.12. The van der Waals surface area contributed by atoms with Gasteiger partial charge in [0.2, 0.25) is 0 Å². The molecule has 2 aliphatic rings. The zero-order valence-electron chi connectivity index (χ0n) is 10.6. The Kier molecular flexibility index (Phi) is 3.50. The van der Waals surface area contributed by atoms with Crippen molar-refractivity contribution in [3.63, 3.8) is 0 Å². The van der Waals surface area contributed by atoms with Crippen molar-refractivity contribution in [2.24, 2.45) is 5.92 Å². The van der Waals surface area contributed by atoms with E-state index in [1.807, 2.05) is 11.3 Å². The Hall–Kier alpha value is -0.380. The summed E-state index contributed by atoms with van der Waals surface area (Å²) in [4.78, 5) is 4.21. The standard InChI is InChI=1S/C14H22N2S/c1-11-5-8-17-14(11)10-16-7-2-6-15-13(9-16)12-3-4-12/h5,8,12-13,15H,2-4,6-7,9-10H2,1H3. The fraction of sp³-hybridized carbons (Fsp3) is 0.714.